The van der Waals surface area contributed by atoms with Gasteiger partial charge in [-0.1, -0.05) is 24.3 Å². The van der Waals surface area contributed by atoms with E-state index in [0.717, 1.165) is 43.4 Å². The highest BCUT2D eigenvalue weighted by molar-refractivity contribution is 5.76. The van der Waals surface area contributed by atoms with Crippen molar-refractivity contribution in [3.63, 3.8) is 0 Å². The van der Waals surface area contributed by atoms with Crippen LogP contribution in [0.25, 0.3) is 0 Å². The standard InChI is InChI=1S/C16H22N2O3/c17-16(21)13-5-7-14(8-6-13)18-10-12-3-1-11(2-4-12)9-15(19)20/h1-4,13-14,18H,5-10H2,(H2,17,21)(H,19,20). The summed E-state index contributed by atoms with van der Waals surface area (Å²) in [4.78, 5) is 21.7. The van der Waals surface area contributed by atoms with Crippen molar-refractivity contribution in [3.8, 4) is 0 Å². The first-order valence-electron chi connectivity index (χ1n) is 7.37. The van der Waals surface area contributed by atoms with E-state index in [1.54, 1.807) is 0 Å². The molecule has 1 aliphatic rings. The van der Waals surface area contributed by atoms with Crippen LogP contribution in [-0.4, -0.2) is 23.0 Å². The Morgan fingerprint density at radius 3 is 2.19 bits per heavy atom. The van der Waals surface area contributed by atoms with Crippen LogP contribution in [0.2, 0.25) is 0 Å². The molecule has 4 N–H and O–H groups in total. The Morgan fingerprint density at radius 2 is 1.67 bits per heavy atom. The van der Waals surface area contributed by atoms with Gasteiger partial charge in [0.1, 0.15) is 0 Å². The van der Waals surface area contributed by atoms with E-state index in [9.17, 15) is 9.59 Å². The van der Waals surface area contributed by atoms with Gasteiger partial charge in [0.25, 0.3) is 0 Å². The molecule has 0 saturated heterocycles. The van der Waals surface area contributed by atoms with Gasteiger partial charge in [0.2, 0.25) is 5.91 Å². The van der Waals surface area contributed by atoms with Gasteiger partial charge in [-0.15, -0.1) is 0 Å². The van der Waals surface area contributed by atoms with E-state index in [0.29, 0.717) is 6.04 Å². The van der Waals surface area contributed by atoms with Crippen molar-refractivity contribution >= 4 is 11.9 Å². The summed E-state index contributed by atoms with van der Waals surface area (Å²) in [6, 6.07) is 8.06. The molecule has 114 valence electrons. The lowest BCUT2D eigenvalue weighted by Crippen LogP contribution is -2.36. The molecule has 1 saturated carbocycles. The van der Waals surface area contributed by atoms with Crippen LogP contribution in [0.15, 0.2) is 24.3 Å². The summed E-state index contributed by atoms with van der Waals surface area (Å²) in [5, 5.41) is 12.2. The van der Waals surface area contributed by atoms with Crippen LogP contribution in [0.3, 0.4) is 0 Å². The summed E-state index contributed by atoms with van der Waals surface area (Å²) in [7, 11) is 0. The van der Waals surface area contributed by atoms with Crippen molar-refractivity contribution in [2.24, 2.45) is 11.7 Å². The first-order valence-corrected chi connectivity index (χ1v) is 7.37. The number of nitrogens with one attached hydrogen (secondary N) is 1. The number of carboxylic acids is 1. The smallest absolute Gasteiger partial charge is 0.307 e. The van der Waals surface area contributed by atoms with Gasteiger partial charge in [-0.3, -0.25) is 9.59 Å². The van der Waals surface area contributed by atoms with Crippen LogP contribution >= 0.6 is 0 Å². The first kappa shape index (κ1) is 15.5. The zero-order chi connectivity index (χ0) is 15.2. The van der Waals surface area contributed by atoms with Crippen molar-refractivity contribution in [1.82, 2.24) is 5.32 Å². The number of benzene rings is 1. The topological polar surface area (TPSA) is 92.4 Å². The molecule has 21 heavy (non-hydrogen) atoms. The third-order valence-electron chi connectivity index (χ3n) is 4.10. The molecule has 1 amide bonds. The molecule has 1 fully saturated rings. The van der Waals surface area contributed by atoms with Crippen LogP contribution in [0, 0.1) is 5.92 Å². The van der Waals surface area contributed by atoms with E-state index in [-0.39, 0.29) is 18.2 Å². The fourth-order valence-electron chi connectivity index (χ4n) is 2.79. The van der Waals surface area contributed by atoms with Crippen LogP contribution in [0.4, 0.5) is 0 Å². The number of aliphatic carboxylic acids is 1. The number of carboxylic acid groups (broad SMARTS) is 1. The van der Waals surface area contributed by atoms with E-state index < -0.39 is 5.97 Å². The zero-order valence-corrected chi connectivity index (χ0v) is 12.0. The number of hydrogen-bond acceptors (Lipinski definition) is 3. The molecule has 0 radical (unpaired) electrons. The molecule has 0 spiro atoms. The van der Waals surface area contributed by atoms with Gasteiger partial charge in [-0.25, -0.2) is 0 Å². The SMILES string of the molecule is NC(=O)C1CCC(NCc2ccc(CC(=O)O)cc2)CC1. The molecule has 2 rings (SSSR count). The third kappa shape index (κ3) is 4.86. The van der Waals surface area contributed by atoms with Crippen molar-refractivity contribution in [2.45, 2.75) is 44.7 Å². The zero-order valence-electron chi connectivity index (χ0n) is 12.0. The summed E-state index contributed by atoms with van der Waals surface area (Å²) >= 11 is 0. The van der Waals surface area contributed by atoms with Crippen molar-refractivity contribution in [3.05, 3.63) is 35.4 Å². The van der Waals surface area contributed by atoms with Gasteiger partial charge in [0, 0.05) is 18.5 Å². The Morgan fingerprint density at radius 1 is 1.10 bits per heavy atom. The van der Waals surface area contributed by atoms with E-state index in [2.05, 4.69) is 5.32 Å². The minimum Gasteiger partial charge on any atom is -0.481 e. The predicted octanol–water partition coefficient (Wildman–Crippen LogP) is 1.45. The second-order valence-electron chi connectivity index (χ2n) is 5.72. The van der Waals surface area contributed by atoms with Gasteiger partial charge in [0.15, 0.2) is 0 Å². The van der Waals surface area contributed by atoms with Crippen molar-refractivity contribution in [2.75, 3.05) is 0 Å². The van der Waals surface area contributed by atoms with E-state index >= 15 is 0 Å². The number of primary amides is 1. The van der Waals surface area contributed by atoms with Gasteiger partial charge in [-0.2, -0.15) is 0 Å². The van der Waals surface area contributed by atoms with E-state index in [1.165, 1.54) is 0 Å². The van der Waals surface area contributed by atoms with Crippen molar-refractivity contribution < 1.29 is 14.7 Å². The van der Waals surface area contributed by atoms with E-state index in [1.807, 2.05) is 24.3 Å². The Bertz CT molecular complexity index is 491. The van der Waals surface area contributed by atoms with Crippen molar-refractivity contribution in [1.29, 1.82) is 0 Å². The molecule has 0 aliphatic heterocycles. The molecule has 1 aliphatic carbocycles. The minimum absolute atomic E-state index is 0.0401. The van der Waals surface area contributed by atoms with Gasteiger partial charge >= 0.3 is 5.97 Å². The highest BCUT2D eigenvalue weighted by Crippen LogP contribution is 2.24. The molecule has 5 nitrogen and oxygen atoms in total. The second kappa shape index (κ2) is 7.22. The maximum atomic E-state index is 11.1. The molecule has 1 aromatic carbocycles. The fourth-order valence-corrected chi connectivity index (χ4v) is 2.79. The second-order valence-corrected chi connectivity index (χ2v) is 5.72. The lowest BCUT2D eigenvalue weighted by Gasteiger charge is -2.27. The van der Waals surface area contributed by atoms with Gasteiger partial charge in [-0.05, 0) is 36.8 Å². The normalized spacial score (nSPS) is 21.9. The third-order valence-corrected chi connectivity index (χ3v) is 4.10. The molecular formula is C16H22N2O3. The minimum atomic E-state index is -0.813. The molecule has 0 bridgehead atoms. The van der Waals surface area contributed by atoms with Gasteiger partial charge < -0.3 is 16.2 Å². The van der Waals surface area contributed by atoms with Crippen LogP contribution < -0.4 is 11.1 Å². The predicted molar refractivity (Wildman–Crippen MR) is 79.6 cm³/mol. The summed E-state index contributed by atoms with van der Waals surface area (Å²) < 4.78 is 0. The molecule has 0 heterocycles. The van der Waals surface area contributed by atoms with Crippen LogP contribution in [0.5, 0.6) is 0 Å². The highest BCUT2D eigenvalue weighted by Gasteiger charge is 2.24. The van der Waals surface area contributed by atoms with Crippen LogP contribution in [0.1, 0.15) is 36.8 Å². The molecule has 1 aromatic rings. The molecule has 0 atom stereocenters. The van der Waals surface area contributed by atoms with Crippen LogP contribution in [-0.2, 0) is 22.6 Å². The summed E-state index contributed by atoms with van der Waals surface area (Å²) in [5.74, 6) is -0.951. The summed E-state index contributed by atoms with van der Waals surface area (Å²) in [6.07, 6.45) is 3.75. The molecular weight excluding hydrogens is 268 g/mol. The largest absolute Gasteiger partial charge is 0.481 e. The highest BCUT2D eigenvalue weighted by atomic mass is 16.4. The number of rotatable bonds is 6. The van der Waals surface area contributed by atoms with E-state index in [4.69, 9.17) is 10.8 Å². The summed E-state index contributed by atoms with van der Waals surface area (Å²) in [5.41, 5.74) is 7.28. The quantitative estimate of drug-likeness (QED) is 0.739. The average molecular weight is 290 g/mol. The van der Waals surface area contributed by atoms with Gasteiger partial charge in [0.05, 0.1) is 6.42 Å². The first-order chi connectivity index (χ1) is 10.0. The summed E-state index contributed by atoms with van der Waals surface area (Å²) in [6.45, 7) is 0.763. The Kier molecular flexibility index (Phi) is 5.33. The lowest BCUT2D eigenvalue weighted by molar-refractivity contribution is -0.136. The number of hydrogen-bond donors (Lipinski definition) is 3. The fraction of sp³-hybridized carbons (Fsp3) is 0.500. The Balaban J connectivity index is 1.76. The maximum Gasteiger partial charge on any atom is 0.307 e. The number of carbonyl (C=O) groups excluding carboxylic acids is 1. The number of amides is 1. The molecule has 5 heteroatoms. The number of nitrogens with two attached hydrogens (primary N) is 1. The lowest BCUT2D eigenvalue weighted by atomic mass is 9.85. The Hall–Kier alpha value is -1.88. The monoisotopic (exact) mass is 290 g/mol. The Labute approximate surface area is 124 Å². The number of carbonyl (C=O) groups is 2. The average Bonchev–Trinajstić information content (AvgIpc) is 2.46. The molecule has 0 aromatic heterocycles. The maximum absolute atomic E-state index is 11.1. The molecule has 0 unspecified atom stereocenters.